The SMILES string of the molecule is CCOC(=O)N1CCN(C(=O)NC2CCCO2)CC1. The van der Waals surface area contributed by atoms with Crippen LogP contribution in [-0.4, -0.2) is 67.5 Å². The molecule has 3 amide bonds. The van der Waals surface area contributed by atoms with E-state index in [-0.39, 0.29) is 18.4 Å². The second-order valence-corrected chi connectivity index (χ2v) is 4.62. The van der Waals surface area contributed by atoms with Crippen LogP contribution in [0.3, 0.4) is 0 Å². The molecule has 2 rings (SSSR count). The number of hydrogen-bond acceptors (Lipinski definition) is 4. The standard InChI is InChI=1S/C12H21N3O4/c1-2-18-12(17)15-7-5-14(6-8-15)11(16)13-10-4-3-9-19-10/h10H,2-9H2,1H3,(H,13,16). The van der Waals surface area contributed by atoms with Crippen LogP contribution < -0.4 is 5.32 Å². The van der Waals surface area contributed by atoms with E-state index in [2.05, 4.69) is 5.32 Å². The van der Waals surface area contributed by atoms with Crippen molar-refractivity contribution in [2.24, 2.45) is 0 Å². The van der Waals surface area contributed by atoms with Gasteiger partial charge >= 0.3 is 12.1 Å². The predicted octanol–water partition coefficient (Wildman–Crippen LogP) is 0.607. The largest absolute Gasteiger partial charge is 0.450 e. The summed E-state index contributed by atoms with van der Waals surface area (Å²) in [6, 6.07) is -0.115. The summed E-state index contributed by atoms with van der Waals surface area (Å²) in [5.41, 5.74) is 0. The highest BCUT2D eigenvalue weighted by Gasteiger charge is 2.26. The van der Waals surface area contributed by atoms with Crippen molar-refractivity contribution >= 4 is 12.1 Å². The Balaban J connectivity index is 1.72. The molecule has 2 heterocycles. The first-order valence-corrected chi connectivity index (χ1v) is 6.79. The van der Waals surface area contributed by atoms with E-state index in [1.54, 1.807) is 16.7 Å². The molecule has 19 heavy (non-hydrogen) atoms. The Kier molecular flexibility index (Phi) is 4.84. The average Bonchev–Trinajstić information content (AvgIpc) is 2.92. The van der Waals surface area contributed by atoms with Crippen molar-refractivity contribution in [3.8, 4) is 0 Å². The van der Waals surface area contributed by atoms with Gasteiger partial charge in [-0.05, 0) is 19.8 Å². The molecule has 7 nitrogen and oxygen atoms in total. The van der Waals surface area contributed by atoms with Gasteiger partial charge in [0.05, 0.1) is 6.61 Å². The molecule has 0 radical (unpaired) electrons. The lowest BCUT2D eigenvalue weighted by molar-refractivity contribution is 0.0692. The van der Waals surface area contributed by atoms with Crippen LogP contribution in [-0.2, 0) is 9.47 Å². The molecule has 0 aromatic rings. The fourth-order valence-corrected chi connectivity index (χ4v) is 2.23. The smallest absolute Gasteiger partial charge is 0.409 e. The van der Waals surface area contributed by atoms with Crippen molar-refractivity contribution in [2.45, 2.75) is 26.0 Å². The zero-order valence-corrected chi connectivity index (χ0v) is 11.3. The normalized spacial score (nSPS) is 23.3. The van der Waals surface area contributed by atoms with E-state index in [1.807, 2.05) is 0 Å². The number of rotatable bonds is 2. The fourth-order valence-electron chi connectivity index (χ4n) is 2.23. The molecule has 1 N–H and O–H groups in total. The molecule has 7 heteroatoms. The first-order chi connectivity index (χ1) is 9.20. The molecule has 108 valence electrons. The van der Waals surface area contributed by atoms with E-state index in [0.717, 1.165) is 12.8 Å². The van der Waals surface area contributed by atoms with Gasteiger partial charge in [-0.25, -0.2) is 9.59 Å². The highest BCUT2D eigenvalue weighted by atomic mass is 16.6. The lowest BCUT2D eigenvalue weighted by Gasteiger charge is -2.34. The second-order valence-electron chi connectivity index (χ2n) is 4.62. The van der Waals surface area contributed by atoms with Crippen molar-refractivity contribution in [3.63, 3.8) is 0 Å². The van der Waals surface area contributed by atoms with Crippen molar-refractivity contribution in [2.75, 3.05) is 39.4 Å². The zero-order valence-electron chi connectivity index (χ0n) is 11.3. The van der Waals surface area contributed by atoms with Crippen LogP contribution in [0.1, 0.15) is 19.8 Å². The van der Waals surface area contributed by atoms with Crippen LogP contribution >= 0.6 is 0 Å². The topological polar surface area (TPSA) is 71.1 Å². The highest BCUT2D eigenvalue weighted by molar-refractivity contribution is 5.75. The maximum absolute atomic E-state index is 12.0. The number of carbonyl (C=O) groups excluding carboxylic acids is 2. The molecule has 2 saturated heterocycles. The Labute approximate surface area is 112 Å². The summed E-state index contributed by atoms with van der Waals surface area (Å²) in [7, 11) is 0. The van der Waals surface area contributed by atoms with Crippen molar-refractivity contribution in [3.05, 3.63) is 0 Å². The van der Waals surface area contributed by atoms with Crippen molar-refractivity contribution in [1.82, 2.24) is 15.1 Å². The molecule has 0 bridgehead atoms. The summed E-state index contributed by atoms with van der Waals surface area (Å²) in [6.45, 7) is 4.94. The minimum absolute atomic E-state index is 0.115. The van der Waals surface area contributed by atoms with Crippen LogP contribution in [0.5, 0.6) is 0 Å². The van der Waals surface area contributed by atoms with E-state index < -0.39 is 0 Å². The lowest BCUT2D eigenvalue weighted by atomic mass is 10.3. The van der Waals surface area contributed by atoms with Gasteiger partial charge in [0, 0.05) is 32.8 Å². The van der Waals surface area contributed by atoms with Gasteiger partial charge in [0.2, 0.25) is 0 Å². The first kappa shape index (κ1) is 13.9. The number of piperazine rings is 1. The number of hydrogen-bond donors (Lipinski definition) is 1. The Morgan fingerprint density at radius 2 is 1.95 bits per heavy atom. The van der Waals surface area contributed by atoms with Gasteiger partial charge in [-0.15, -0.1) is 0 Å². The van der Waals surface area contributed by atoms with Gasteiger partial charge in [0.25, 0.3) is 0 Å². The molecular weight excluding hydrogens is 250 g/mol. The number of carbonyl (C=O) groups is 2. The van der Waals surface area contributed by atoms with Crippen LogP contribution in [0.4, 0.5) is 9.59 Å². The molecule has 0 saturated carbocycles. The van der Waals surface area contributed by atoms with E-state index in [1.165, 1.54) is 0 Å². The Hall–Kier alpha value is -1.50. The molecule has 2 aliphatic heterocycles. The summed E-state index contributed by atoms with van der Waals surface area (Å²) in [6.07, 6.45) is 1.40. The quantitative estimate of drug-likeness (QED) is 0.798. The number of amides is 3. The molecule has 0 aliphatic carbocycles. The average molecular weight is 271 g/mol. The molecule has 0 spiro atoms. The van der Waals surface area contributed by atoms with E-state index >= 15 is 0 Å². The van der Waals surface area contributed by atoms with Gasteiger partial charge in [0.15, 0.2) is 0 Å². The summed E-state index contributed by atoms with van der Waals surface area (Å²) in [5.74, 6) is 0. The summed E-state index contributed by atoms with van der Waals surface area (Å²) >= 11 is 0. The van der Waals surface area contributed by atoms with Crippen LogP contribution in [0, 0.1) is 0 Å². The lowest BCUT2D eigenvalue weighted by Crippen LogP contribution is -2.54. The maximum atomic E-state index is 12.0. The minimum atomic E-state index is -0.304. The number of ether oxygens (including phenoxy) is 2. The third kappa shape index (κ3) is 3.73. The second kappa shape index (κ2) is 6.60. The molecule has 0 aromatic heterocycles. The molecule has 2 aliphatic rings. The molecule has 0 aromatic carbocycles. The summed E-state index contributed by atoms with van der Waals surface area (Å²) < 4.78 is 10.3. The summed E-state index contributed by atoms with van der Waals surface area (Å²) in [5, 5.41) is 2.85. The van der Waals surface area contributed by atoms with Gasteiger partial charge in [-0.2, -0.15) is 0 Å². The molecule has 1 unspecified atom stereocenters. The van der Waals surface area contributed by atoms with Gasteiger partial charge in [-0.1, -0.05) is 0 Å². The first-order valence-electron chi connectivity index (χ1n) is 6.79. The van der Waals surface area contributed by atoms with Crippen LogP contribution in [0.2, 0.25) is 0 Å². The van der Waals surface area contributed by atoms with E-state index in [4.69, 9.17) is 9.47 Å². The minimum Gasteiger partial charge on any atom is -0.450 e. The van der Waals surface area contributed by atoms with Gasteiger partial charge < -0.3 is 24.6 Å². The molecule has 2 fully saturated rings. The maximum Gasteiger partial charge on any atom is 0.409 e. The number of urea groups is 1. The summed E-state index contributed by atoms with van der Waals surface area (Å²) in [4.78, 5) is 26.8. The fraction of sp³-hybridized carbons (Fsp3) is 0.833. The monoisotopic (exact) mass is 271 g/mol. The number of nitrogens with zero attached hydrogens (tertiary/aromatic N) is 2. The van der Waals surface area contributed by atoms with Gasteiger partial charge in [-0.3, -0.25) is 0 Å². The predicted molar refractivity (Wildman–Crippen MR) is 67.7 cm³/mol. The third-order valence-corrected chi connectivity index (χ3v) is 3.31. The number of nitrogens with one attached hydrogen (secondary N) is 1. The van der Waals surface area contributed by atoms with Crippen LogP contribution in [0.25, 0.3) is 0 Å². The third-order valence-electron chi connectivity index (χ3n) is 3.31. The Bertz CT molecular complexity index is 323. The van der Waals surface area contributed by atoms with Crippen molar-refractivity contribution < 1.29 is 19.1 Å². The molecular formula is C12H21N3O4. The Morgan fingerprint density at radius 3 is 2.53 bits per heavy atom. The zero-order chi connectivity index (χ0) is 13.7. The van der Waals surface area contributed by atoms with E-state index in [0.29, 0.717) is 39.4 Å². The van der Waals surface area contributed by atoms with Crippen molar-refractivity contribution in [1.29, 1.82) is 0 Å². The Morgan fingerprint density at radius 1 is 1.26 bits per heavy atom. The van der Waals surface area contributed by atoms with Gasteiger partial charge in [0.1, 0.15) is 6.23 Å². The molecule has 1 atom stereocenters. The van der Waals surface area contributed by atoms with E-state index in [9.17, 15) is 9.59 Å². The van der Waals surface area contributed by atoms with Crippen LogP contribution in [0.15, 0.2) is 0 Å². The highest BCUT2D eigenvalue weighted by Crippen LogP contribution is 2.10.